The maximum absolute atomic E-state index is 14.2. The van der Waals surface area contributed by atoms with Gasteiger partial charge in [0.15, 0.2) is 0 Å². The number of hydrogen-bond donors (Lipinski definition) is 0. The van der Waals surface area contributed by atoms with Crippen LogP contribution in [0.4, 0.5) is 10.1 Å². The standard InChI is InChI=1S/C16H17ClFNO3/c1-4-5-22-14-8-13(12(18)7-11(14)17)19-15(20)6-10(9(2)3)16(19)21/h7-8H,4-6H2,1-3H3. The van der Waals surface area contributed by atoms with Gasteiger partial charge in [-0.15, -0.1) is 0 Å². The Labute approximate surface area is 133 Å². The SMILES string of the molecule is CCCOc1cc(N2C(=O)CC(=C(C)C)C2=O)c(F)cc1Cl. The number of ether oxygens (including phenoxy) is 1. The zero-order valence-corrected chi connectivity index (χ0v) is 13.5. The maximum atomic E-state index is 14.2. The zero-order chi connectivity index (χ0) is 16.4. The lowest BCUT2D eigenvalue weighted by Gasteiger charge is -2.17. The summed E-state index contributed by atoms with van der Waals surface area (Å²) in [4.78, 5) is 25.3. The van der Waals surface area contributed by atoms with E-state index in [4.69, 9.17) is 16.3 Å². The summed E-state index contributed by atoms with van der Waals surface area (Å²) in [6.45, 7) is 5.83. The number of imide groups is 1. The van der Waals surface area contributed by atoms with Crippen LogP contribution in [0, 0.1) is 5.82 Å². The first-order valence-corrected chi connectivity index (χ1v) is 7.40. The third kappa shape index (κ3) is 2.99. The molecule has 0 N–H and O–H groups in total. The van der Waals surface area contributed by atoms with Gasteiger partial charge in [-0.25, -0.2) is 9.29 Å². The molecule has 1 saturated heterocycles. The monoisotopic (exact) mass is 325 g/mol. The highest BCUT2D eigenvalue weighted by atomic mass is 35.5. The summed E-state index contributed by atoms with van der Waals surface area (Å²) in [6, 6.07) is 2.36. The van der Waals surface area contributed by atoms with E-state index in [-0.39, 0.29) is 22.9 Å². The second-order valence-electron chi connectivity index (χ2n) is 5.27. The lowest BCUT2D eigenvalue weighted by atomic mass is 10.1. The summed E-state index contributed by atoms with van der Waals surface area (Å²) in [7, 11) is 0. The van der Waals surface area contributed by atoms with Gasteiger partial charge in [0.2, 0.25) is 5.91 Å². The van der Waals surface area contributed by atoms with E-state index in [1.165, 1.54) is 6.07 Å². The molecule has 0 aromatic heterocycles. The molecule has 4 nitrogen and oxygen atoms in total. The Kier molecular flexibility index (Phi) is 4.86. The van der Waals surface area contributed by atoms with Crippen LogP contribution < -0.4 is 9.64 Å². The van der Waals surface area contributed by atoms with Gasteiger partial charge in [-0.1, -0.05) is 24.1 Å². The van der Waals surface area contributed by atoms with E-state index in [1.54, 1.807) is 13.8 Å². The minimum absolute atomic E-state index is 0.0195. The molecule has 1 aliphatic rings. The van der Waals surface area contributed by atoms with Gasteiger partial charge in [0.1, 0.15) is 11.6 Å². The number of nitrogens with zero attached hydrogens (tertiary/aromatic N) is 1. The molecule has 0 spiro atoms. The Morgan fingerprint density at radius 2 is 2.05 bits per heavy atom. The molecule has 118 valence electrons. The number of hydrogen-bond acceptors (Lipinski definition) is 3. The van der Waals surface area contributed by atoms with Crippen molar-refractivity contribution in [2.75, 3.05) is 11.5 Å². The Balaban J connectivity index is 2.46. The summed E-state index contributed by atoms with van der Waals surface area (Å²) in [5.41, 5.74) is 1.02. The van der Waals surface area contributed by atoms with Crippen molar-refractivity contribution >= 4 is 29.1 Å². The fraction of sp³-hybridized carbons (Fsp3) is 0.375. The van der Waals surface area contributed by atoms with Crippen LogP contribution in [0.3, 0.4) is 0 Å². The Morgan fingerprint density at radius 3 is 2.59 bits per heavy atom. The molecule has 0 bridgehead atoms. The van der Waals surface area contributed by atoms with Gasteiger partial charge in [-0.3, -0.25) is 9.59 Å². The van der Waals surface area contributed by atoms with E-state index >= 15 is 0 Å². The zero-order valence-electron chi connectivity index (χ0n) is 12.7. The fourth-order valence-corrected chi connectivity index (χ4v) is 2.41. The maximum Gasteiger partial charge on any atom is 0.261 e. The highest BCUT2D eigenvalue weighted by Gasteiger charge is 2.37. The van der Waals surface area contributed by atoms with E-state index in [1.807, 2.05) is 6.92 Å². The highest BCUT2D eigenvalue weighted by Crippen LogP contribution is 2.36. The number of benzene rings is 1. The lowest BCUT2D eigenvalue weighted by Crippen LogP contribution is -2.30. The molecule has 1 aliphatic heterocycles. The smallest absolute Gasteiger partial charge is 0.261 e. The van der Waals surface area contributed by atoms with Crippen molar-refractivity contribution in [3.63, 3.8) is 0 Å². The van der Waals surface area contributed by atoms with Crippen LogP contribution in [0.25, 0.3) is 0 Å². The molecule has 1 aromatic carbocycles. The van der Waals surface area contributed by atoms with Crippen molar-refractivity contribution < 1.29 is 18.7 Å². The molecule has 0 saturated carbocycles. The first kappa shape index (κ1) is 16.5. The molecular formula is C16H17ClFNO3. The molecule has 2 rings (SSSR count). The fourth-order valence-electron chi connectivity index (χ4n) is 2.20. The summed E-state index contributed by atoms with van der Waals surface area (Å²) >= 11 is 5.93. The molecule has 0 aliphatic carbocycles. The lowest BCUT2D eigenvalue weighted by molar-refractivity contribution is -0.120. The van der Waals surface area contributed by atoms with E-state index in [2.05, 4.69) is 0 Å². The van der Waals surface area contributed by atoms with Crippen LogP contribution in [0.1, 0.15) is 33.6 Å². The molecule has 0 atom stereocenters. The van der Waals surface area contributed by atoms with Crippen molar-refractivity contribution in [1.82, 2.24) is 0 Å². The molecule has 2 amide bonds. The van der Waals surface area contributed by atoms with Crippen LogP contribution in [0.15, 0.2) is 23.3 Å². The van der Waals surface area contributed by atoms with Gasteiger partial charge in [0.25, 0.3) is 5.91 Å². The Bertz CT molecular complexity index is 666. The van der Waals surface area contributed by atoms with Crippen molar-refractivity contribution in [3.8, 4) is 5.75 Å². The Hall–Kier alpha value is -1.88. The molecule has 0 radical (unpaired) electrons. The second kappa shape index (κ2) is 6.48. The van der Waals surface area contributed by atoms with E-state index < -0.39 is 17.6 Å². The summed E-state index contributed by atoms with van der Waals surface area (Å²) in [5.74, 6) is -1.42. The molecule has 22 heavy (non-hydrogen) atoms. The minimum Gasteiger partial charge on any atom is -0.492 e. The number of carbonyl (C=O) groups is 2. The number of allylic oxidation sites excluding steroid dienone is 1. The number of carbonyl (C=O) groups excluding carboxylic acids is 2. The number of anilines is 1. The number of rotatable bonds is 4. The third-order valence-electron chi connectivity index (χ3n) is 3.35. The predicted octanol–water partition coefficient (Wildman–Crippen LogP) is 3.87. The topological polar surface area (TPSA) is 46.6 Å². The quantitative estimate of drug-likeness (QED) is 0.623. The van der Waals surface area contributed by atoms with Gasteiger partial charge >= 0.3 is 0 Å². The third-order valence-corrected chi connectivity index (χ3v) is 3.64. The molecule has 1 fully saturated rings. The average molecular weight is 326 g/mol. The minimum atomic E-state index is -0.731. The second-order valence-corrected chi connectivity index (χ2v) is 5.68. The van der Waals surface area contributed by atoms with Crippen LogP contribution in [0.5, 0.6) is 5.75 Å². The first-order chi connectivity index (χ1) is 10.4. The van der Waals surface area contributed by atoms with Gasteiger partial charge in [-0.2, -0.15) is 0 Å². The molecular weight excluding hydrogens is 309 g/mol. The molecule has 1 aromatic rings. The van der Waals surface area contributed by atoms with Crippen molar-refractivity contribution in [2.45, 2.75) is 33.6 Å². The van der Waals surface area contributed by atoms with E-state index in [0.717, 1.165) is 23.0 Å². The van der Waals surface area contributed by atoms with E-state index in [9.17, 15) is 14.0 Å². The van der Waals surface area contributed by atoms with Gasteiger partial charge in [0.05, 0.1) is 23.7 Å². The van der Waals surface area contributed by atoms with Crippen molar-refractivity contribution in [3.05, 3.63) is 34.1 Å². The number of halogens is 2. The van der Waals surface area contributed by atoms with Crippen molar-refractivity contribution in [1.29, 1.82) is 0 Å². The average Bonchev–Trinajstić information content (AvgIpc) is 2.74. The summed E-state index contributed by atoms with van der Waals surface area (Å²) in [6.07, 6.45) is 0.737. The number of amides is 2. The van der Waals surface area contributed by atoms with Gasteiger partial charge in [0, 0.05) is 11.6 Å². The van der Waals surface area contributed by atoms with Gasteiger partial charge in [-0.05, 0) is 26.3 Å². The normalized spacial score (nSPS) is 14.8. The largest absolute Gasteiger partial charge is 0.492 e. The molecule has 6 heteroatoms. The van der Waals surface area contributed by atoms with Crippen LogP contribution in [-0.2, 0) is 9.59 Å². The molecule has 1 heterocycles. The summed E-state index contributed by atoms with van der Waals surface area (Å²) < 4.78 is 19.6. The van der Waals surface area contributed by atoms with Crippen LogP contribution >= 0.6 is 11.6 Å². The Morgan fingerprint density at radius 1 is 1.36 bits per heavy atom. The van der Waals surface area contributed by atoms with Gasteiger partial charge < -0.3 is 4.74 Å². The van der Waals surface area contributed by atoms with Crippen LogP contribution in [-0.4, -0.2) is 18.4 Å². The predicted molar refractivity (Wildman–Crippen MR) is 82.7 cm³/mol. The molecule has 0 unspecified atom stereocenters. The highest BCUT2D eigenvalue weighted by molar-refractivity contribution is 6.32. The summed E-state index contributed by atoms with van der Waals surface area (Å²) in [5, 5.41) is 0.108. The van der Waals surface area contributed by atoms with E-state index in [0.29, 0.717) is 12.2 Å². The van der Waals surface area contributed by atoms with Crippen molar-refractivity contribution in [2.24, 2.45) is 0 Å². The first-order valence-electron chi connectivity index (χ1n) is 7.02. The van der Waals surface area contributed by atoms with Crippen LogP contribution in [0.2, 0.25) is 5.02 Å².